The van der Waals surface area contributed by atoms with Gasteiger partial charge in [0.15, 0.2) is 0 Å². The number of hydrogen-bond acceptors (Lipinski definition) is 2. The van der Waals surface area contributed by atoms with Crippen LogP contribution in [0.1, 0.15) is 21.7 Å². The van der Waals surface area contributed by atoms with E-state index in [4.69, 9.17) is 0 Å². The molecule has 0 saturated heterocycles. The van der Waals surface area contributed by atoms with Crippen molar-refractivity contribution < 1.29 is 4.79 Å². The molecule has 0 aliphatic rings. The lowest BCUT2D eigenvalue weighted by Crippen LogP contribution is -2.24. The highest BCUT2D eigenvalue weighted by molar-refractivity contribution is 14.1. The molecule has 5 heteroatoms. The maximum Gasteiger partial charge on any atom is 0.252 e. The Bertz CT molecular complexity index is 616. The fraction of sp³-hybridized carbons (Fsp3) is 0.143. The number of rotatable bonds is 3. The molecule has 0 fully saturated rings. The number of pyridine rings is 1. The second kappa shape index (κ2) is 6.47. The van der Waals surface area contributed by atoms with Gasteiger partial charge in [0.05, 0.1) is 17.8 Å². The molecule has 98 valence electrons. The van der Waals surface area contributed by atoms with Crippen molar-refractivity contribution in [2.45, 2.75) is 13.5 Å². The number of nitrogens with zero attached hydrogens (tertiary/aromatic N) is 1. The Kier molecular flexibility index (Phi) is 4.93. The van der Waals surface area contributed by atoms with Crippen molar-refractivity contribution in [2.75, 3.05) is 0 Å². The van der Waals surface area contributed by atoms with E-state index in [2.05, 4.69) is 48.8 Å². The molecule has 0 spiro atoms. The highest BCUT2D eigenvalue weighted by atomic mass is 127. The predicted octanol–water partition coefficient (Wildman–Crippen LogP) is 3.69. The zero-order chi connectivity index (χ0) is 13.8. The Labute approximate surface area is 134 Å². The molecule has 1 heterocycles. The van der Waals surface area contributed by atoms with Gasteiger partial charge in [0, 0.05) is 13.7 Å². The van der Waals surface area contributed by atoms with Gasteiger partial charge in [-0.05, 0) is 59.8 Å². The molecule has 2 rings (SSSR count). The van der Waals surface area contributed by atoms with Crippen LogP contribution in [0.3, 0.4) is 0 Å². The summed E-state index contributed by atoms with van der Waals surface area (Å²) in [6, 6.07) is 11.4. The quantitative estimate of drug-likeness (QED) is 0.754. The molecule has 0 aliphatic carbocycles. The Morgan fingerprint density at radius 1 is 1.37 bits per heavy atom. The Hall–Kier alpha value is -0.950. The van der Waals surface area contributed by atoms with Gasteiger partial charge in [-0.25, -0.2) is 0 Å². The van der Waals surface area contributed by atoms with Crippen LogP contribution in [0.25, 0.3) is 0 Å². The fourth-order valence-corrected chi connectivity index (χ4v) is 2.58. The van der Waals surface area contributed by atoms with Gasteiger partial charge >= 0.3 is 0 Å². The minimum absolute atomic E-state index is 0.0889. The van der Waals surface area contributed by atoms with E-state index in [1.54, 1.807) is 0 Å². The third-order valence-electron chi connectivity index (χ3n) is 2.55. The summed E-state index contributed by atoms with van der Waals surface area (Å²) < 4.78 is 1.82. The number of nitrogens with one attached hydrogen (secondary N) is 1. The van der Waals surface area contributed by atoms with E-state index in [9.17, 15) is 4.79 Å². The largest absolute Gasteiger partial charge is 0.346 e. The molecule has 0 radical (unpaired) electrons. The van der Waals surface area contributed by atoms with Crippen LogP contribution >= 0.6 is 38.5 Å². The number of aromatic nitrogens is 1. The van der Waals surface area contributed by atoms with Crippen molar-refractivity contribution >= 4 is 44.4 Å². The maximum absolute atomic E-state index is 12.1. The zero-order valence-corrected chi connectivity index (χ0v) is 14.0. The van der Waals surface area contributed by atoms with Crippen LogP contribution in [0.15, 0.2) is 40.9 Å². The average Bonchev–Trinajstić information content (AvgIpc) is 2.39. The van der Waals surface area contributed by atoms with Gasteiger partial charge in [0.25, 0.3) is 5.91 Å². The molecule has 1 amide bonds. The molecule has 0 bridgehead atoms. The summed E-state index contributed by atoms with van der Waals surface area (Å²) in [4.78, 5) is 16.5. The third-order valence-corrected chi connectivity index (χ3v) is 3.98. The van der Waals surface area contributed by atoms with Crippen LogP contribution in [0.4, 0.5) is 0 Å². The zero-order valence-electron chi connectivity index (χ0n) is 10.3. The second-order valence-corrected chi connectivity index (χ2v) is 6.16. The summed E-state index contributed by atoms with van der Waals surface area (Å²) >= 11 is 5.53. The summed E-state index contributed by atoms with van der Waals surface area (Å²) in [5.41, 5.74) is 2.48. The van der Waals surface area contributed by atoms with Crippen molar-refractivity contribution in [1.29, 1.82) is 0 Å². The Balaban J connectivity index is 2.07. The average molecular weight is 431 g/mol. The van der Waals surface area contributed by atoms with Crippen LogP contribution in [0, 0.1) is 10.5 Å². The standard InChI is InChI=1S/C14H12BrIN2O/c1-9-3-2-4-11(18-9)8-17-14(19)12-7-10(15)5-6-13(12)16/h2-7H,8H2,1H3,(H,17,19). The summed E-state index contributed by atoms with van der Waals surface area (Å²) in [6.07, 6.45) is 0. The van der Waals surface area contributed by atoms with E-state index >= 15 is 0 Å². The SMILES string of the molecule is Cc1cccc(CNC(=O)c2cc(Br)ccc2I)n1. The number of carbonyl (C=O) groups is 1. The molecule has 0 atom stereocenters. The number of carbonyl (C=O) groups excluding carboxylic acids is 1. The summed E-state index contributed by atoms with van der Waals surface area (Å²) in [7, 11) is 0. The first kappa shape index (κ1) is 14.5. The first-order valence-electron chi connectivity index (χ1n) is 5.72. The first-order chi connectivity index (χ1) is 9.06. The molecule has 1 aromatic heterocycles. The van der Waals surface area contributed by atoms with Crippen LogP contribution in [-0.2, 0) is 6.54 Å². The number of aryl methyl sites for hydroxylation is 1. The second-order valence-electron chi connectivity index (χ2n) is 4.08. The van der Waals surface area contributed by atoms with Crippen molar-refractivity contribution in [3.63, 3.8) is 0 Å². The lowest BCUT2D eigenvalue weighted by Gasteiger charge is -2.07. The van der Waals surface area contributed by atoms with Crippen molar-refractivity contribution in [2.24, 2.45) is 0 Å². The molecule has 1 N–H and O–H groups in total. The van der Waals surface area contributed by atoms with Crippen LogP contribution in [0.2, 0.25) is 0 Å². The molecular weight excluding hydrogens is 419 g/mol. The van der Waals surface area contributed by atoms with Gasteiger partial charge in [-0.15, -0.1) is 0 Å². The van der Waals surface area contributed by atoms with E-state index in [-0.39, 0.29) is 5.91 Å². The molecule has 19 heavy (non-hydrogen) atoms. The number of hydrogen-bond donors (Lipinski definition) is 1. The number of halogens is 2. The minimum atomic E-state index is -0.0889. The Morgan fingerprint density at radius 3 is 2.89 bits per heavy atom. The van der Waals surface area contributed by atoms with Crippen molar-refractivity contribution in [3.05, 3.63) is 61.4 Å². The van der Waals surface area contributed by atoms with Gasteiger partial charge in [-0.3, -0.25) is 9.78 Å². The summed E-state index contributed by atoms with van der Waals surface area (Å²) in [5, 5.41) is 2.88. The molecular formula is C14H12BrIN2O. The summed E-state index contributed by atoms with van der Waals surface area (Å²) in [5.74, 6) is -0.0889. The van der Waals surface area contributed by atoms with Gasteiger partial charge < -0.3 is 5.32 Å². The summed E-state index contributed by atoms with van der Waals surface area (Å²) in [6.45, 7) is 2.37. The van der Waals surface area contributed by atoms with E-state index in [1.165, 1.54) is 0 Å². The number of amides is 1. The van der Waals surface area contributed by atoms with Gasteiger partial charge in [0.2, 0.25) is 0 Å². The molecule has 1 aromatic carbocycles. The predicted molar refractivity (Wildman–Crippen MR) is 87.0 cm³/mol. The Morgan fingerprint density at radius 2 is 2.16 bits per heavy atom. The molecule has 0 saturated carbocycles. The van der Waals surface area contributed by atoms with Gasteiger partial charge in [0.1, 0.15) is 0 Å². The highest BCUT2D eigenvalue weighted by Gasteiger charge is 2.10. The molecule has 3 nitrogen and oxygen atoms in total. The van der Waals surface area contributed by atoms with E-state index in [1.807, 2.05) is 43.3 Å². The minimum Gasteiger partial charge on any atom is -0.346 e. The molecule has 0 aliphatic heterocycles. The van der Waals surface area contributed by atoms with Crippen LogP contribution < -0.4 is 5.32 Å². The topological polar surface area (TPSA) is 42.0 Å². The fourth-order valence-electron chi connectivity index (χ4n) is 1.64. The van der Waals surface area contributed by atoms with E-state index in [0.717, 1.165) is 19.4 Å². The van der Waals surface area contributed by atoms with E-state index in [0.29, 0.717) is 12.1 Å². The molecule has 0 unspecified atom stereocenters. The smallest absolute Gasteiger partial charge is 0.252 e. The lowest BCUT2D eigenvalue weighted by molar-refractivity contribution is 0.0949. The highest BCUT2D eigenvalue weighted by Crippen LogP contribution is 2.18. The van der Waals surface area contributed by atoms with Crippen LogP contribution in [-0.4, -0.2) is 10.9 Å². The van der Waals surface area contributed by atoms with Crippen molar-refractivity contribution in [1.82, 2.24) is 10.3 Å². The lowest BCUT2D eigenvalue weighted by atomic mass is 10.2. The molecule has 2 aromatic rings. The van der Waals surface area contributed by atoms with Crippen molar-refractivity contribution in [3.8, 4) is 0 Å². The van der Waals surface area contributed by atoms with Gasteiger partial charge in [-0.2, -0.15) is 0 Å². The third kappa shape index (κ3) is 4.01. The van der Waals surface area contributed by atoms with Gasteiger partial charge in [-0.1, -0.05) is 22.0 Å². The number of benzene rings is 1. The normalized spacial score (nSPS) is 10.3. The van der Waals surface area contributed by atoms with E-state index < -0.39 is 0 Å². The maximum atomic E-state index is 12.1. The monoisotopic (exact) mass is 430 g/mol. The van der Waals surface area contributed by atoms with Crippen LogP contribution in [0.5, 0.6) is 0 Å². The first-order valence-corrected chi connectivity index (χ1v) is 7.59.